The van der Waals surface area contributed by atoms with Gasteiger partial charge in [0.25, 0.3) is 0 Å². The molecule has 0 radical (unpaired) electrons. The lowest BCUT2D eigenvalue weighted by atomic mass is 10.2. The van der Waals surface area contributed by atoms with Crippen LogP contribution >= 0.6 is 0 Å². The minimum atomic E-state index is 0.491. The van der Waals surface area contributed by atoms with Crippen LogP contribution in [0.3, 0.4) is 0 Å². The summed E-state index contributed by atoms with van der Waals surface area (Å²) in [4.78, 5) is 9.79. The van der Waals surface area contributed by atoms with Gasteiger partial charge in [0.1, 0.15) is 5.82 Å². The Bertz CT molecular complexity index is 549. The summed E-state index contributed by atoms with van der Waals surface area (Å²) in [5.74, 6) is 7.47. The molecule has 2 rings (SSSR count). The molecule has 0 aliphatic rings. The second-order valence-electron chi connectivity index (χ2n) is 4.87. The maximum Gasteiger partial charge on any atom is 0.120 e. The van der Waals surface area contributed by atoms with Crippen LogP contribution in [-0.4, -0.2) is 27.5 Å². The van der Waals surface area contributed by atoms with Crippen LogP contribution in [0.1, 0.15) is 31.7 Å². The van der Waals surface area contributed by atoms with Crippen LogP contribution < -0.4 is 0 Å². The van der Waals surface area contributed by atoms with E-state index in [0.29, 0.717) is 6.04 Å². The molecule has 1 aromatic carbocycles. The van der Waals surface area contributed by atoms with Gasteiger partial charge < -0.3 is 4.98 Å². The SMILES string of the molecule is CCC(C)N(CC#Cc1ccccc1)Cc1ncc[nH]1. The van der Waals surface area contributed by atoms with Gasteiger partial charge in [0.15, 0.2) is 0 Å². The van der Waals surface area contributed by atoms with Gasteiger partial charge >= 0.3 is 0 Å². The second kappa shape index (κ2) is 7.52. The highest BCUT2D eigenvalue weighted by atomic mass is 15.2. The standard InChI is InChI=1S/C17H21N3/c1-3-15(2)20(14-17-18-11-12-19-17)13-7-10-16-8-5-4-6-9-16/h4-6,8-9,11-12,15H,3,13-14H2,1-2H3,(H,18,19). The third-order valence-electron chi connectivity index (χ3n) is 3.41. The molecule has 0 saturated heterocycles. The summed E-state index contributed by atoms with van der Waals surface area (Å²) in [7, 11) is 0. The summed E-state index contributed by atoms with van der Waals surface area (Å²) < 4.78 is 0. The average Bonchev–Trinajstić information content (AvgIpc) is 2.99. The quantitative estimate of drug-likeness (QED) is 0.844. The molecule has 1 heterocycles. The predicted molar refractivity (Wildman–Crippen MR) is 82.1 cm³/mol. The number of hydrogen-bond donors (Lipinski definition) is 1. The van der Waals surface area contributed by atoms with E-state index in [1.54, 1.807) is 6.20 Å². The number of benzene rings is 1. The molecule has 2 aromatic rings. The molecule has 0 spiro atoms. The van der Waals surface area contributed by atoms with Crippen molar-refractivity contribution in [2.45, 2.75) is 32.9 Å². The molecule has 0 aliphatic carbocycles. The minimum Gasteiger partial charge on any atom is -0.348 e. The van der Waals surface area contributed by atoms with Crippen molar-refractivity contribution in [2.75, 3.05) is 6.54 Å². The molecule has 20 heavy (non-hydrogen) atoms. The van der Waals surface area contributed by atoms with Crippen molar-refractivity contribution < 1.29 is 0 Å². The average molecular weight is 267 g/mol. The van der Waals surface area contributed by atoms with Gasteiger partial charge in [-0.25, -0.2) is 4.98 Å². The summed E-state index contributed by atoms with van der Waals surface area (Å²) >= 11 is 0. The van der Waals surface area contributed by atoms with E-state index < -0.39 is 0 Å². The van der Waals surface area contributed by atoms with Gasteiger partial charge in [-0.3, -0.25) is 4.90 Å². The summed E-state index contributed by atoms with van der Waals surface area (Å²) in [5, 5.41) is 0. The van der Waals surface area contributed by atoms with Crippen LogP contribution in [0.2, 0.25) is 0 Å². The number of H-pyrrole nitrogens is 1. The Morgan fingerprint density at radius 1 is 1.30 bits per heavy atom. The number of aromatic nitrogens is 2. The Balaban J connectivity index is 1.99. The predicted octanol–water partition coefficient (Wildman–Crippen LogP) is 3.06. The van der Waals surface area contributed by atoms with Crippen molar-refractivity contribution in [3.8, 4) is 11.8 Å². The van der Waals surface area contributed by atoms with E-state index in [4.69, 9.17) is 0 Å². The number of imidazole rings is 1. The molecular weight excluding hydrogens is 246 g/mol. The van der Waals surface area contributed by atoms with E-state index in [1.807, 2.05) is 36.5 Å². The molecule has 0 fully saturated rings. The summed E-state index contributed by atoms with van der Waals surface area (Å²) in [6, 6.07) is 10.6. The Morgan fingerprint density at radius 3 is 2.75 bits per heavy atom. The second-order valence-corrected chi connectivity index (χ2v) is 4.87. The lowest BCUT2D eigenvalue weighted by Gasteiger charge is -2.25. The number of aromatic amines is 1. The fourth-order valence-corrected chi connectivity index (χ4v) is 1.97. The first kappa shape index (κ1) is 14.4. The number of nitrogens with one attached hydrogen (secondary N) is 1. The maximum atomic E-state index is 4.29. The highest BCUT2D eigenvalue weighted by molar-refractivity contribution is 5.33. The largest absolute Gasteiger partial charge is 0.348 e. The van der Waals surface area contributed by atoms with E-state index >= 15 is 0 Å². The lowest BCUT2D eigenvalue weighted by molar-refractivity contribution is 0.216. The topological polar surface area (TPSA) is 31.9 Å². The molecule has 0 bridgehead atoms. The summed E-state index contributed by atoms with van der Waals surface area (Å²) in [6.07, 6.45) is 4.76. The first-order valence-electron chi connectivity index (χ1n) is 7.05. The van der Waals surface area contributed by atoms with Gasteiger partial charge in [0, 0.05) is 24.0 Å². The number of hydrogen-bond acceptors (Lipinski definition) is 2. The van der Waals surface area contributed by atoms with Crippen LogP contribution in [0.4, 0.5) is 0 Å². The van der Waals surface area contributed by atoms with Crippen molar-refractivity contribution >= 4 is 0 Å². The third-order valence-corrected chi connectivity index (χ3v) is 3.41. The van der Waals surface area contributed by atoms with Gasteiger partial charge in [-0.15, -0.1) is 0 Å². The molecule has 1 unspecified atom stereocenters. The normalized spacial score (nSPS) is 11.9. The van der Waals surface area contributed by atoms with Crippen molar-refractivity contribution in [2.24, 2.45) is 0 Å². The Kier molecular flexibility index (Phi) is 5.40. The molecule has 104 valence electrons. The van der Waals surface area contributed by atoms with E-state index in [0.717, 1.165) is 30.9 Å². The third kappa shape index (κ3) is 4.25. The minimum absolute atomic E-state index is 0.491. The summed E-state index contributed by atoms with van der Waals surface area (Å²) in [5.41, 5.74) is 1.06. The summed E-state index contributed by atoms with van der Waals surface area (Å²) in [6.45, 7) is 5.99. The van der Waals surface area contributed by atoms with Crippen molar-refractivity contribution in [3.63, 3.8) is 0 Å². The Hall–Kier alpha value is -2.05. The van der Waals surface area contributed by atoms with Gasteiger partial charge in [-0.05, 0) is 25.5 Å². The molecule has 1 atom stereocenters. The number of nitrogens with zero attached hydrogens (tertiary/aromatic N) is 2. The van der Waals surface area contributed by atoms with E-state index in [9.17, 15) is 0 Å². The lowest BCUT2D eigenvalue weighted by Crippen LogP contribution is -2.32. The van der Waals surface area contributed by atoms with E-state index in [1.165, 1.54) is 0 Å². The zero-order valence-corrected chi connectivity index (χ0v) is 12.1. The fourth-order valence-electron chi connectivity index (χ4n) is 1.97. The smallest absolute Gasteiger partial charge is 0.120 e. The molecule has 0 saturated carbocycles. The number of rotatable bonds is 5. The van der Waals surface area contributed by atoms with Crippen LogP contribution in [0.15, 0.2) is 42.7 Å². The fraction of sp³-hybridized carbons (Fsp3) is 0.353. The zero-order chi connectivity index (χ0) is 14.2. The van der Waals surface area contributed by atoms with Crippen LogP contribution in [0.5, 0.6) is 0 Å². The van der Waals surface area contributed by atoms with E-state index in [-0.39, 0.29) is 0 Å². The Morgan fingerprint density at radius 2 is 2.10 bits per heavy atom. The maximum absolute atomic E-state index is 4.29. The van der Waals surface area contributed by atoms with Crippen molar-refractivity contribution in [1.82, 2.24) is 14.9 Å². The molecule has 0 aliphatic heterocycles. The van der Waals surface area contributed by atoms with Crippen molar-refractivity contribution in [3.05, 3.63) is 54.1 Å². The van der Waals surface area contributed by atoms with Gasteiger partial charge in [0.2, 0.25) is 0 Å². The highest BCUT2D eigenvalue weighted by Crippen LogP contribution is 2.07. The van der Waals surface area contributed by atoms with E-state index in [2.05, 4.69) is 40.6 Å². The first-order valence-corrected chi connectivity index (χ1v) is 7.05. The molecule has 1 aromatic heterocycles. The monoisotopic (exact) mass is 267 g/mol. The molecule has 3 nitrogen and oxygen atoms in total. The van der Waals surface area contributed by atoms with Crippen LogP contribution in [-0.2, 0) is 6.54 Å². The molecular formula is C17H21N3. The van der Waals surface area contributed by atoms with Crippen LogP contribution in [0, 0.1) is 11.8 Å². The molecule has 1 N–H and O–H groups in total. The molecule has 0 amide bonds. The van der Waals surface area contributed by atoms with Gasteiger partial charge in [0.05, 0.1) is 13.1 Å². The van der Waals surface area contributed by atoms with Crippen LogP contribution in [0.25, 0.3) is 0 Å². The van der Waals surface area contributed by atoms with Gasteiger partial charge in [-0.1, -0.05) is 37.0 Å². The molecule has 3 heteroatoms. The van der Waals surface area contributed by atoms with Crippen molar-refractivity contribution in [1.29, 1.82) is 0 Å². The zero-order valence-electron chi connectivity index (χ0n) is 12.1. The first-order chi connectivity index (χ1) is 9.79. The van der Waals surface area contributed by atoms with Gasteiger partial charge in [-0.2, -0.15) is 0 Å². The Labute approximate surface area is 121 Å². The highest BCUT2D eigenvalue weighted by Gasteiger charge is 2.12.